The van der Waals surface area contributed by atoms with Crippen LogP contribution in [0.5, 0.6) is 5.75 Å². The maximum absolute atomic E-state index is 12.6. The number of nitrogens with one attached hydrogen (secondary N) is 1. The molecule has 6 nitrogen and oxygen atoms in total. The van der Waals surface area contributed by atoms with Crippen molar-refractivity contribution < 1.29 is 23.1 Å². The molecule has 0 bridgehead atoms. The molecule has 118 valence electrons. The molecule has 1 N–H and O–H groups in total. The fourth-order valence-electron chi connectivity index (χ4n) is 1.62. The summed E-state index contributed by atoms with van der Waals surface area (Å²) < 4.78 is 27.9. The monoisotopic (exact) mass is 315 g/mol. The van der Waals surface area contributed by atoms with Gasteiger partial charge in [0.25, 0.3) is 0 Å². The average Bonchev–Trinajstić information content (AvgIpc) is 2.45. The molecule has 1 aromatic rings. The topological polar surface area (TPSA) is 73.9 Å². The van der Waals surface area contributed by atoms with Crippen LogP contribution >= 0.6 is 7.60 Å². The molecular formula is C14H22NO5P. The van der Waals surface area contributed by atoms with E-state index in [4.69, 9.17) is 13.8 Å². The van der Waals surface area contributed by atoms with E-state index in [0.717, 1.165) is 0 Å². The number of hydrogen-bond acceptors (Lipinski definition) is 5. The number of anilines is 1. The molecule has 0 heterocycles. The molecule has 0 saturated heterocycles. The van der Waals surface area contributed by atoms with Crippen LogP contribution in [0.3, 0.4) is 0 Å². The van der Waals surface area contributed by atoms with Crippen molar-refractivity contribution in [3.8, 4) is 5.75 Å². The van der Waals surface area contributed by atoms with Gasteiger partial charge in [-0.25, -0.2) is 0 Å². The van der Waals surface area contributed by atoms with Crippen LogP contribution in [0.1, 0.15) is 20.8 Å². The molecule has 1 amide bonds. The van der Waals surface area contributed by atoms with Crippen molar-refractivity contribution in [3.05, 3.63) is 18.2 Å². The molecule has 0 aliphatic carbocycles. The molecule has 0 spiro atoms. The molecule has 7 heteroatoms. The van der Waals surface area contributed by atoms with E-state index in [-0.39, 0.29) is 11.2 Å². The van der Waals surface area contributed by atoms with E-state index < -0.39 is 13.0 Å². The molecule has 0 aromatic heterocycles. The van der Waals surface area contributed by atoms with Crippen molar-refractivity contribution in [2.75, 3.05) is 26.6 Å². The Bertz CT molecular complexity index is 557. The summed E-state index contributed by atoms with van der Waals surface area (Å²) in [4.78, 5) is 12.2. The number of carbonyl (C=O) groups excluding carboxylic acids is 1. The molecule has 1 rings (SSSR count). The third-order valence-corrected chi connectivity index (χ3v) is 4.84. The smallest absolute Gasteiger partial charge is 0.363 e. The normalized spacial score (nSPS) is 12.1. The van der Waals surface area contributed by atoms with Gasteiger partial charge in [0.2, 0.25) is 5.91 Å². The zero-order valence-corrected chi connectivity index (χ0v) is 14.1. The van der Waals surface area contributed by atoms with Crippen LogP contribution in [0, 0.1) is 5.41 Å². The fraction of sp³-hybridized carbons (Fsp3) is 0.500. The Morgan fingerprint density at radius 1 is 1.14 bits per heavy atom. The van der Waals surface area contributed by atoms with Crippen molar-refractivity contribution in [2.24, 2.45) is 5.41 Å². The first-order chi connectivity index (χ1) is 9.69. The Kier molecular flexibility index (Phi) is 5.56. The minimum absolute atomic E-state index is 0.230. The lowest BCUT2D eigenvalue weighted by Gasteiger charge is -2.23. The van der Waals surface area contributed by atoms with Gasteiger partial charge in [-0.1, -0.05) is 26.8 Å². The van der Waals surface area contributed by atoms with Crippen LogP contribution in [-0.2, 0) is 18.4 Å². The fourth-order valence-corrected chi connectivity index (χ4v) is 2.87. The van der Waals surface area contributed by atoms with Crippen molar-refractivity contribution in [1.29, 1.82) is 0 Å². The summed E-state index contributed by atoms with van der Waals surface area (Å²) in [5.74, 6) is 0.159. The number of ether oxygens (including phenoxy) is 1. The standard InChI is InChI=1S/C14H22NO5P/c1-14(2,3)13(16)15-12-10(18-4)8-7-9-11(12)21(17,19-5)20-6/h7-9H,1-6H3,(H,15,16). The van der Waals surface area contributed by atoms with Crippen LogP contribution in [0.2, 0.25) is 0 Å². The van der Waals surface area contributed by atoms with Gasteiger partial charge in [-0.2, -0.15) is 0 Å². The SMILES string of the molecule is COc1cccc(P(=O)(OC)OC)c1NC(=O)C(C)(C)C. The minimum atomic E-state index is -3.51. The number of amides is 1. The van der Waals surface area contributed by atoms with E-state index >= 15 is 0 Å². The second kappa shape index (κ2) is 6.60. The van der Waals surface area contributed by atoms with Gasteiger partial charge in [0, 0.05) is 19.6 Å². The van der Waals surface area contributed by atoms with Gasteiger partial charge in [-0.05, 0) is 12.1 Å². The van der Waals surface area contributed by atoms with Gasteiger partial charge in [0.05, 0.1) is 18.1 Å². The Morgan fingerprint density at radius 2 is 1.71 bits per heavy atom. The molecule has 0 aliphatic rings. The van der Waals surface area contributed by atoms with E-state index in [1.807, 2.05) is 0 Å². The van der Waals surface area contributed by atoms with Crippen LogP contribution < -0.4 is 15.4 Å². The second-order valence-corrected chi connectivity index (χ2v) is 7.63. The van der Waals surface area contributed by atoms with E-state index in [9.17, 15) is 9.36 Å². The minimum Gasteiger partial charge on any atom is -0.495 e. The van der Waals surface area contributed by atoms with Crippen LogP contribution in [0.15, 0.2) is 18.2 Å². The summed E-state index contributed by atoms with van der Waals surface area (Å²) in [5.41, 5.74) is -0.311. The number of hydrogen-bond donors (Lipinski definition) is 1. The number of rotatable bonds is 5. The van der Waals surface area contributed by atoms with E-state index in [2.05, 4.69) is 5.32 Å². The number of methoxy groups -OCH3 is 1. The molecule has 0 fully saturated rings. The van der Waals surface area contributed by atoms with Gasteiger partial charge in [0.15, 0.2) is 0 Å². The number of benzene rings is 1. The predicted octanol–water partition coefficient (Wildman–Crippen LogP) is 2.79. The molecule has 21 heavy (non-hydrogen) atoms. The third-order valence-electron chi connectivity index (χ3n) is 2.92. The Balaban J connectivity index is 3.41. The average molecular weight is 315 g/mol. The van der Waals surface area contributed by atoms with Gasteiger partial charge >= 0.3 is 7.60 Å². The first-order valence-electron chi connectivity index (χ1n) is 6.40. The summed E-state index contributed by atoms with van der Waals surface area (Å²) in [6.45, 7) is 5.34. The summed E-state index contributed by atoms with van der Waals surface area (Å²) in [5, 5.41) is 3.00. The van der Waals surface area contributed by atoms with Crippen molar-refractivity contribution >= 4 is 24.5 Å². The first kappa shape index (κ1) is 17.7. The summed E-state index contributed by atoms with van der Waals surface area (Å²) in [6, 6.07) is 4.90. The number of carbonyl (C=O) groups is 1. The predicted molar refractivity (Wildman–Crippen MR) is 82.3 cm³/mol. The molecule has 0 atom stereocenters. The Hall–Kier alpha value is -1.36. The van der Waals surface area contributed by atoms with Crippen molar-refractivity contribution in [2.45, 2.75) is 20.8 Å². The van der Waals surface area contributed by atoms with Gasteiger partial charge in [0.1, 0.15) is 5.75 Å². The van der Waals surface area contributed by atoms with E-state index in [1.54, 1.807) is 39.0 Å². The lowest BCUT2D eigenvalue weighted by Crippen LogP contribution is -2.30. The van der Waals surface area contributed by atoms with E-state index in [1.165, 1.54) is 21.3 Å². The van der Waals surface area contributed by atoms with Crippen molar-refractivity contribution in [3.63, 3.8) is 0 Å². The van der Waals surface area contributed by atoms with Crippen molar-refractivity contribution in [1.82, 2.24) is 0 Å². The lowest BCUT2D eigenvalue weighted by molar-refractivity contribution is -0.123. The molecule has 0 radical (unpaired) electrons. The second-order valence-electron chi connectivity index (χ2n) is 5.42. The summed E-state index contributed by atoms with van der Waals surface area (Å²) >= 11 is 0. The maximum Gasteiger partial charge on any atom is 0.363 e. The lowest BCUT2D eigenvalue weighted by atomic mass is 9.95. The maximum atomic E-state index is 12.6. The van der Waals surface area contributed by atoms with Crippen LogP contribution in [-0.4, -0.2) is 27.2 Å². The quantitative estimate of drug-likeness (QED) is 0.846. The largest absolute Gasteiger partial charge is 0.495 e. The van der Waals surface area contributed by atoms with Crippen LogP contribution in [0.4, 0.5) is 5.69 Å². The highest BCUT2D eigenvalue weighted by Gasteiger charge is 2.32. The summed E-state index contributed by atoms with van der Waals surface area (Å²) in [7, 11) is 0.536. The highest BCUT2D eigenvalue weighted by molar-refractivity contribution is 7.62. The Labute approximate surface area is 125 Å². The zero-order chi connectivity index (χ0) is 16.3. The van der Waals surface area contributed by atoms with Gasteiger partial charge in [-0.3, -0.25) is 9.36 Å². The third kappa shape index (κ3) is 3.84. The molecule has 0 aliphatic heterocycles. The highest BCUT2D eigenvalue weighted by atomic mass is 31.2. The zero-order valence-electron chi connectivity index (χ0n) is 13.2. The summed E-state index contributed by atoms with van der Waals surface area (Å²) in [6.07, 6.45) is 0. The van der Waals surface area contributed by atoms with Gasteiger partial charge < -0.3 is 19.1 Å². The molecular weight excluding hydrogens is 293 g/mol. The molecule has 0 saturated carbocycles. The first-order valence-corrected chi connectivity index (χ1v) is 7.94. The number of para-hydroxylation sites is 1. The van der Waals surface area contributed by atoms with Gasteiger partial charge in [-0.15, -0.1) is 0 Å². The molecule has 1 aromatic carbocycles. The highest BCUT2D eigenvalue weighted by Crippen LogP contribution is 2.48. The van der Waals surface area contributed by atoms with E-state index in [0.29, 0.717) is 11.4 Å². The molecule has 0 unspecified atom stereocenters. The van der Waals surface area contributed by atoms with Crippen LogP contribution in [0.25, 0.3) is 0 Å². The Morgan fingerprint density at radius 3 is 2.14 bits per heavy atom.